The van der Waals surface area contributed by atoms with Crippen molar-refractivity contribution in [2.45, 2.75) is 25.9 Å². The number of carbonyl (C=O) groups excluding carboxylic acids is 2. The Labute approximate surface area is 175 Å². The van der Waals surface area contributed by atoms with E-state index in [1.165, 1.54) is 5.56 Å². The van der Waals surface area contributed by atoms with Crippen LogP contribution >= 0.6 is 12.2 Å². The van der Waals surface area contributed by atoms with Gasteiger partial charge in [-0.1, -0.05) is 42.5 Å². The lowest BCUT2D eigenvalue weighted by atomic mass is 10.1. The third-order valence-corrected chi connectivity index (χ3v) is 4.74. The van der Waals surface area contributed by atoms with Gasteiger partial charge in [-0.3, -0.25) is 20.4 Å². The van der Waals surface area contributed by atoms with Gasteiger partial charge in [0.15, 0.2) is 11.2 Å². The second kappa shape index (κ2) is 9.88. The predicted molar refractivity (Wildman–Crippen MR) is 116 cm³/mol. The highest BCUT2D eigenvalue weighted by molar-refractivity contribution is 7.80. The number of hydrogen-bond donors (Lipinski definition) is 3. The van der Waals surface area contributed by atoms with Gasteiger partial charge in [0.1, 0.15) is 5.75 Å². The van der Waals surface area contributed by atoms with E-state index in [0.29, 0.717) is 23.1 Å². The predicted octanol–water partition coefficient (Wildman–Crippen LogP) is 1.93. The molecule has 0 aliphatic carbocycles. The topological polar surface area (TPSA) is 82.7 Å². The summed E-state index contributed by atoms with van der Waals surface area (Å²) in [6.07, 6.45) is 0.382. The normalized spacial score (nSPS) is 15.1. The summed E-state index contributed by atoms with van der Waals surface area (Å²) in [4.78, 5) is 26.2. The molecule has 0 saturated carbocycles. The van der Waals surface area contributed by atoms with Crippen molar-refractivity contribution in [3.05, 3.63) is 60.2 Å². The molecule has 3 N–H and O–H groups in total. The van der Waals surface area contributed by atoms with Gasteiger partial charge in [0.2, 0.25) is 5.91 Å². The van der Waals surface area contributed by atoms with Crippen LogP contribution in [0, 0.1) is 0 Å². The van der Waals surface area contributed by atoms with Crippen LogP contribution in [0.2, 0.25) is 0 Å². The summed E-state index contributed by atoms with van der Waals surface area (Å²) in [5, 5.41) is 3.39. The number of nitrogens with one attached hydrogen (secondary N) is 3. The monoisotopic (exact) mass is 412 g/mol. The van der Waals surface area contributed by atoms with E-state index in [-0.39, 0.29) is 24.8 Å². The van der Waals surface area contributed by atoms with Crippen LogP contribution in [0.1, 0.15) is 18.9 Å². The van der Waals surface area contributed by atoms with Crippen LogP contribution in [0.15, 0.2) is 54.6 Å². The number of anilines is 1. The summed E-state index contributed by atoms with van der Waals surface area (Å²) >= 11 is 5.17. The van der Waals surface area contributed by atoms with Gasteiger partial charge in [-0.05, 0) is 43.3 Å². The standard InChI is InChI=1S/C21H24N4O3S/c1-15-20(27)25(17-9-5-6-10-18(17)28-15)14-12-19(26)23-24-21(29)22-13-11-16-7-3-2-4-8-16/h2-10,15H,11-14H2,1H3,(H,23,26)(H2,22,24,29)/t15-/m1/s1. The number of amides is 2. The van der Waals surface area contributed by atoms with Crippen molar-refractivity contribution in [3.63, 3.8) is 0 Å². The Balaban J connectivity index is 1.40. The molecule has 0 saturated heterocycles. The Morgan fingerprint density at radius 3 is 2.62 bits per heavy atom. The molecule has 0 radical (unpaired) electrons. The molecule has 1 aliphatic rings. The average molecular weight is 413 g/mol. The maximum Gasteiger partial charge on any atom is 0.267 e. The number of ether oxygens (including phenoxy) is 1. The molecule has 2 aromatic rings. The van der Waals surface area contributed by atoms with Crippen LogP contribution in [0.25, 0.3) is 0 Å². The van der Waals surface area contributed by atoms with Crippen LogP contribution in [0.5, 0.6) is 5.75 Å². The van der Waals surface area contributed by atoms with Gasteiger partial charge in [-0.25, -0.2) is 0 Å². The first-order valence-electron chi connectivity index (χ1n) is 9.48. The van der Waals surface area contributed by atoms with E-state index < -0.39 is 6.10 Å². The Morgan fingerprint density at radius 1 is 1.10 bits per heavy atom. The molecule has 1 aliphatic heterocycles. The number of rotatable bonds is 6. The number of fused-ring (bicyclic) bond motifs is 1. The quantitative estimate of drug-likeness (QED) is 0.497. The lowest BCUT2D eigenvalue weighted by Gasteiger charge is -2.32. The van der Waals surface area contributed by atoms with Gasteiger partial charge >= 0.3 is 0 Å². The lowest BCUT2D eigenvalue weighted by molar-refractivity contribution is -0.125. The van der Waals surface area contributed by atoms with Crippen molar-refractivity contribution in [3.8, 4) is 5.75 Å². The van der Waals surface area contributed by atoms with E-state index in [1.54, 1.807) is 17.9 Å². The first-order valence-corrected chi connectivity index (χ1v) is 9.89. The summed E-state index contributed by atoms with van der Waals surface area (Å²) in [5.41, 5.74) is 7.13. The average Bonchev–Trinajstić information content (AvgIpc) is 2.73. The van der Waals surface area contributed by atoms with Gasteiger partial charge in [0.25, 0.3) is 5.91 Å². The van der Waals surface area contributed by atoms with E-state index in [4.69, 9.17) is 17.0 Å². The van der Waals surface area contributed by atoms with Gasteiger partial charge < -0.3 is 15.0 Å². The fourth-order valence-corrected chi connectivity index (χ4v) is 3.15. The Hall–Kier alpha value is -3.13. The molecule has 2 aromatic carbocycles. The molecule has 2 amide bonds. The smallest absolute Gasteiger partial charge is 0.267 e. The maximum atomic E-state index is 12.4. The number of para-hydroxylation sites is 2. The van der Waals surface area contributed by atoms with Crippen LogP contribution in [0.3, 0.4) is 0 Å². The summed E-state index contributed by atoms with van der Waals surface area (Å²) in [6.45, 7) is 2.61. The van der Waals surface area contributed by atoms with E-state index in [1.807, 2.05) is 48.5 Å². The van der Waals surface area contributed by atoms with Gasteiger partial charge in [-0.2, -0.15) is 0 Å². The number of benzene rings is 2. The zero-order chi connectivity index (χ0) is 20.6. The SMILES string of the molecule is C[C@H]1Oc2ccccc2N(CCC(=O)NNC(=S)NCCc2ccccc2)C1=O. The number of hydrogen-bond acceptors (Lipinski definition) is 4. The second-order valence-electron chi connectivity index (χ2n) is 6.63. The minimum absolute atomic E-state index is 0.131. The van der Waals surface area contributed by atoms with Gasteiger partial charge in [0.05, 0.1) is 5.69 Å². The minimum atomic E-state index is -0.576. The number of thiocarbonyl (C=S) groups is 1. The van der Waals surface area contributed by atoms with Crippen LogP contribution in [-0.2, 0) is 16.0 Å². The first-order chi connectivity index (χ1) is 14.0. The molecule has 29 heavy (non-hydrogen) atoms. The Kier molecular flexibility index (Phi) is 7.02. The third-order valence-electron chi connectivity index (χ3n) is 4.49. The molecule has 1 heterocycles. The molecule has 8 heteroatoms. The van der Waals surface area contributed by atoms with E-state index in [9.17, 15) is 9.59 Å². The Morgan fingerprint density at radius 2 is 1.83 bits per heavy atom. The molecular formula is C21H24N4O3S. The van der Waals surface area contributed by atoms with Gasteiger partial charge in [0, 0.05) is 19.5 Å². The molecule has 152 valence electrons. The van der Waals surface area contributed by atoms with Crippen LogP contribution < -0.4 is 25.8 Å². The molecule has 7 nitrogen and oxygen atoms in total. The zero-order valence-corrected chi connectivity index (χ0v) is 17.0. The second-order valence-corrected chi connectivity index (χ2v) is 7.04. The largest absolute Gasteiger partial charge is 0.479 e. The molecule has 0 spiro atoms. The maximum absolute atomic E-state index is 12.4. The molecule has 3 rings (SSSR count). The van der Waals surface area contributed by atoms with Crippen LogP contribution in [0.4, 0.5) is 5.69 Å². The molecule has 0 aromatic heterocycles. The summed E-state index contributed by atoms with van der Waals surface area (Å²) in [7, 11) is 0. The molecule has 1 atom stereocenters. The number of carbonyl (C=O) groups is 2. The van der Waals surface area contributed by atoms with Crippen molar-refractivity contribution in [2.24, 2.45) is 0 Å². The van der Waals surface area contributed by atoms with Crippen molar-refractivity contribution in [2.75, 3.05) is 18.0 Å². The highest BCUT2D eigenvalue weighted by Crippen LogP contribution is 2.33. The van der Waals surface area contributed by atoms with Gasteiger partial charge in [-0.15, -0.1) is 0 Å². The van der Waals surface area contributed by atoms with Crippen LogP contribution in [-0.4, -0.2) is 36.1 Å². The van der Waals surface area contributed by atoms with Crippen molar-refractivity contribution >= 4 is 34.8 Å². The summed E-state index contributed by atoms with van der Waals surface area (Å²) < 4.78 is 5.60. The van der Waals surface area contributed by atoms with Crippen molar-refractivity contribution < 1.29 is 14.3 Å². The zero-order valence-electron chi connectivity index (χ0n) is 16.2. The molecule has 0 unspecified atom stereocenters. The third kappa shape index (κ3) is 5.68. The number of hydrazine groups is 1. The van der Waals surface area contributed by atoms with E-state index >= 15 is 0 Å². The molecule has 0 bridgehead atoms. The lowest BCUT2D eigenvalue weighted by Crippen LogP contribution is -2.49. The minimum Gasteiger partial charge on any atom is -0.479 e. The Bertz CT molecular complexity index is 875. The summed E-state index contributed by atoms with van der Waals surface area (Å²) in [5.74, 6) is 0.214. The molecular weight excluding hydrogens is 388 g/mol. The summed E-state index contributed by atoms with van der Waals surface area (Å²) in [6, 6.07) is 17.4. The van der Waals surface area contributed by atoms with Crippen molar-refractivity contribution in [1.29, 1.82) is 0 Å². The molecule has 0 fully saturated rings. The van der Waals surface area contributed by atoms with E-state index in [0.717, 1.165) is 6.42 Å². The fraction of sp³-hybridized carbons (Fsp3) is 0.286. The van der Waals surface area contributed by atoms with Crippen molar-refractivity contribution in [1.82, 2.24) is 16.2 Å². The highest BCUT2D eigenvalue weighted by atomic mass is 32.1. The first kappa shape index (κ1) is 20.6. The fourth-order valence-electron chi connectivity index (χ4n) is 3.00. The van der Waals surface area contributed by atoms with E-state index in [2.05, 4.69) is 16.2 Å². The number of nitrogens with zero attached hydrogens (tertiary/aromatic N) is 1. The highest BCUT2D eigenvalue weighted by Gasteiger charge is 2.31.